The van der Waals surface area contributed by atoms with Crippen molar-refractivity contribution in [2.75, 3.05) is 19.8 Å². The molecule has 0 atom stereocenters. The predicted molar refractivity (Wildman–Crippen MR) is 78.2 cm³/mol. The maximum absolute atomic E-state index is 5.52. The van der Waals surface area contributed by atoms with Crippen LogP contribution >= 0.6 is 0 Å². The van der Waals surface area contributed by atoms with Crippen molar-refractivity contribution in [2.24, 2.45) is 5.73 Å². The predicted octanol–water partition coefficient (Wildman–Crippen LogP) is 2.89. The van der Waals surface area contributed by atoms with Gasteiger partial charge in [-0.2, -0.15) is 0 Å². The van der Waals surface area contributed by atoms with Crippen molar-refractivity contribution in [1.82, 2.24) is 0 Å². The summed E-state index contributed by atoms with van der Waals surface area (Å²) >= 11 is 0. The zero-order valence-corrected chi connectivity index (χ0v) is 12.1. The Hall–Kier alpha value is -0.860. The number of rotatable bonds is 8. The second-order valence-electron chi connectivity index (χ2n) is 4.60. The third-order valence-corrected chi connectivity index (χ3v) is 3.42. The molecule has 18 heavy (non-hydrogen) atoms. The van der Waals surface area contributed by atoms with Gasteiger partial charge in [-0.3, -0.25) is 0 Å². The molecule has 1 rings (SSSR count). The van der Waals surface area contributed by atoms with E-state index in [1.54, 1.807) is 0 Å². The molecule has 102 valence electrons. The smallest absolute Gasteiger partial charge is 0.0588 e. The monoisotopic (exact) mass is 249 g/mol. The van der Waals surface area contributed by atoms with E-state index in [2.05, 4.69) is 32.9 Å². The molecule has 2 N–H and O–H groups in total. The largest absolute Gasteiger partial charge is 0.380 e. The molecule has 0 radical (unpaired) electrons. The zero-order valence-electron chi connectivity index (χ0n) is 12.1. The van der Waals surface area contributed by atoms with Gasteiger partial charge >= 0.3 is 0 Å². The Balaban J connectivity index is 2.85. The van der Waals surface area contributed by atoms with E-state index in [0.717, 1.165) is 32.3 Å². The molecule has 2 nitrogen and oxygen atoms in total. The Morgan fingerprint density at radius 2 is 1.56 bits per heavy atom. The van der Waals surface area contributed by atoms with Crippen molar-refractivity contribution < 1.29 is 4.74 Å². The Morgan fingerprint density at radius 3 is 2.00 bits per heavy atom. The number of hydrogen-bond acceptors (Lipinski definition) is 2. The van der Waals surface area contributed by atoms with Crippen LogP contribution < -0.4 is 5.73 Å². The summed E-state index contributed by atoms with van der Waals surface area (Å²) in [6.45, 7) is 8.74. The van der Waals surface area contributed by atoms with Crippen LogP contribution in [0.2, 0.25) is 0 Å². The van der Waals surface area contributed by atoms with Crippen LogP contribution in [0.25, 0.3) is 0 Å². The summed E-state index contributed by atoms with van der Waals surface area (Å²) in [5.41, 5.74) is 11.4. The van der Waals surface area contributed by atoms with E-state index in [9.17, 15) is 0 Å². The highest BCUT2D eigenvalue weighted by Crippen LogP contribution is 2.20. The standard InChI is InChI=1S/C16H27NO/c1-4-13-11-14(5-2)16(15(6-3)12-13)7-9-18-10-8-17/h11-12H,4-10,17H2,1-3H3. The Bertz CT molecular complexity index is 335. The molecular weight excluding hydrogens is 222 g/mol. The summed E-state index contributed by atoms with van der Waals surface area (Å²) < 4.78 is 5.52. The molecule has 0 saturated heterocycles. The first-order valence-electron chi connectivity index (χ1n) is 7.18. The quantitative estimate of drug-likeness (QED) is 0.719. The Morgan fingerprint density at radius 1 is 0.944 bits per heavy atom. The van der Waals surface area contributed by atoms with Crippen LogP contribution in [0.5, 0.6) is 0 Å². The van der Waals surface area contributed by atoms with Gasteiger partial charge in [0.05, 0.1) is 13.2 Å². The topological polar surface area (TPSA) is 35.2 Å². The van der Waals surface area contributed by atoms with E-state index in [-0.39, 0.29) is 0 Å². The Labute approximate surface area is 112 Å². The van der Waals surface area contributed by atoms with Crippen molar-refractivity contribution in [3.8, 4) is 0 Å². The molecule has 0 unspecified atom stereocenters. The molecule has 0 aliphatic rings. The van der Waals surface area contributed by atoms with Gasteiger partial charge < -0.3 is 10.5 Å². The number of nitrogens with two attached hydrogens (primary N) is 1. The van der Waals surface area contributed by atoms with E-state index >= 15 is 0 Å². The molecule has 0 spiro atoms. The van der Waals surface area contributed by atoms with Crippen LogP contribution in [0.3, 0.4) is 0 Å². The molecule has 0 fully saturated rings. The van der Waals surface area contributed by atoms with Crippen molar-refractivity contribution >= 4 is 0 Å². The normalized spacial score (nSPS) is 10.9. The lowest BCUT2D eigenvalue weighted by molar-refractivity contribution is 0.144. The minimum absolute atomic E-state index is 0.607. The molecule has 0 bridgehead atoms. The van der Waals surface area contributed by atoms with E-state index < -0.39 is 0 Å². The highest BCUT2D eigenvalue weighted by atomic mass is 16.5. The van der Waals surface area contributed by atoms with Crippen molar-refractivity contribution in [3.63, 3.8) is 0 Å². The molecule has 0 amide bonds. The molecule has 0 aliphatic heterocycles. The number of hydrogen-bond donors (Lipinski definition) is 1. The molecule has 0 aliphatic carbocycles. The van der Waals surface area contributed by atoms with Crippen LogP contribution in [0.4, 0.5) is 0 Å². The first-order valence-corrected chi connectivity index (χ1v) is 7.18. The highest BCUT2D eigenvalue weighted by Gasteiger charge is 2.08. The summed E-state index contributed by atoms with van der Waals surface area (Å²) in [6, 6.07) is 4.72. The molecule has 0 aromatic heterocycles. The zero-order chi connectivity index (χ0) is 13.4. The van der Waals surface area contributed by atoms with E-state index in [0.29, 0.717) is 13.2 Å². The van der Waals surface area contributed by atoms with Gasteiger partial charge in [-0.25, -0.2) is 0 Å². The lowest BCUT2D eigenvalue weighted by Gasteiger charge is -2.15. The van der Waals surface area contributed by atoms with Crippen LogP contribution in [-0.4, -0.2) is 19.8 Å². The fourth-order valence-corrected chi connectivity index (χ4v) is 2.39. The molecule has 0 saturated carbocycles. The summed E-state index contributed by atoms with van der Waals surface area (Å²) in [4.78, 5) is 0. The summed E-state index contributed by atoms with van der Waals surface area (Å²) in [5, 5.41) is 0. The number of aryl methyl sites for hydroxylation is 3. The van der Waals surface area contributed by atoms with Gasteiger partial charge in [0.15, 0.2) is 0 Å². The number of benzene rings is 1. The lowest BCUT2D eigenvalue weighted by Crippen LogP contribution is -2.11. The third-order valence-electron chi connectivity index (χ3n) is 3.42. The van der Waals surface area contributed by atoms with E-state index in [1.165, 1.54) is 22.3 Å². The van der Waals surface area contributed by atoms with Crippen molar-refractivity contribution in [2.45, 2.75) is 46.5 Å². The second kappa shape index (κ2) is 8.28. The lowest BCUT2D eigenvalue weighted by atomic mass is 9.92. The highest BCUT2D eigenvalue weighted by molar-refractivity contribution is 5.39. The average molecular weight is 249 g/mol. The van der Waals surface area contributed by atoms with E-state index in [1.807, 2.05) is 0 Å². The molecule has 0 heterocycles. The van der Waals surface area contributed by atoms with Crippen LogP contribution in [0.1, 0.15) is 43.0 Å². The maximum atomic E-state index is 5.52. The van der Waals surface area contributed by atoms with Gasteiger partial charge in [0, 0.05) is 6.54 Å². The van der Waals surface area contributed by atoms with Gasteiger partial charge in [0.2, 0.25) is 0 Å². The average Bonchev–Trinajstić information content (AvgIpc) is 2.42. The SMILES string of the molecule is CCc1cc(CC)c(CCOCCN)c(CC)c1. The van der Waals surface area contributed by atoms with Crippen molar-refractivity contribution in [1.29, 1.82) is 0 Å². The first-order chi connectivity index (χ1) is 8.76. The number of ether oxygens (including phenoxy) is 1. The van der Waals surface area contributed by atoms with Crippen LogP contribution in [0.15, 0.2) is 12.1 Å². The summed E-state index contributed by atoms with van der Waals surface area (Å²) in [6.07, 6.45) is 4.33. The molecule has 2 heteroatoms. The molecular formula is C16H27NO. The van der Waals surface area contributed by atoms with Crippen LogP contribution in [-0.2, 0) is 30.4 Å². The minimum atomic E-state index is 0.607. The summed E-state index contributed by atoms with van der Waals surface area (Å²) in [5.74, 6) is 0. The van der Waals surface area contributed by atoms with Gasteiger partial charge in [0.25, 0.3) is 0 Å². The van der Waals surface area contributed by atoms with E-state index in [4.69, 9.17) is 10.5 Å². The second-order valence-corrected chi connectivity index (χ2v) is 4.60. The summed E-state index contributed by atoms with van der Waals surface area (Å²) in [7, 11) is 0. The molecule has 1 aromatic rings. The fraction of sp³-hybridized carbons (Fsp3) is 0.625. The Kier molecular flexibility index (Phi) is 6.99. The van der Waals surface area contributed by atoms with Gasteiger partial charge in [-0.05, 0) is 47.9 Å². The van der Waals surface area contributed by atoms with Crippen LogP contribution in [0, 0.1) is 0 Å². The molecule has 1 aromatic carbocycles. The minimum Gasteiger partial charge on any atom is -0.380 e. The van der Waals surface area contributed by atoms with Gasteiger partial charge in [-0.15, -0.1) is 0 Å². The van der Waals surface area contributed by atoms with Crippen molar-refractivity contribution in [3.05, 3.63) is 34.4 Å². The van der Waals surface area contributed by atoms with Gasteiger partial charge in [-0.1, -0.05) is 32.9 Å². The first kappa shape index (κ1) is 15.2. The third kappa shape index (κ3) is 4.11. The van der Waals surface area contributed by atoms with Gasteiger partial charge in [0.1, 0.15) is 0 Å². The fourth-order valence-electron chi connectivity index (χ4n) is 2.39. The maximum Gasteiger partial charge on any atom is 0.0588 e.